The first-order valence-corrected chi connectivity index (χ1v) is 9.87. The zero-order chi connectivity index (χ0) is 18.7. The Morgan fingerprint density at radius 2 is 2.11 bits per heavy atom. The van der Waals surface area contributed by atoms with Crippen molar-refractivity contribution in [2.24, 2.45) is 0 Å². The van der Waals surface area contributed by atoms with Crippen molar-refractivity contribution in [2.75, 3.05) is 0 Å². The molecule has 0 radical (unpaired) electrons. The number of benzene rings is 1. The van der Waals surface area contributed by atoms with Gasteiger partial charge in [0.15, 0.2) is 11.5 Å². The number of carboxylic acids is 1. The molecule has 1 atom stereocenters. The van der Waals surface area contributed by atoms with E-state index >= 15 is 0 Å². The van der Waals surface area contributed by atoms with Gasteiger partial charge in [-0.2, -0.15) is 4.52 Å². The molecule has 4 aromatic rings. The Morgan fingerprint density at radius 3 is 2.93 bits per heavy atom. The van der Waals surface area contributed by atoms with E-state index in [1.807, 2.05) is 13.0 Å². The van der Waals surface area contributed by atoms with Crippen LogP contribution in [0.3, 0.4) is 0 Å². The summed E-state index contributed by atoms with van der Waals surface area (Å²) in [6, 6.07) is 6.86. The van der Waals surface area contributed by atoms with Gasteiger partial charge in [0.05, 0.1) is 10.9 Å². The highest BCUT2D eigenvalue weighted by atomic mass is 32.1. The number of aryl methyl sites for hydroxylation is 2. The highest BCUT2D eigenvalue weighted by molar-refractivity contribution is 7.19. The van der Waals surface area contributed by atoms with E-state index in [1.165, 1.54) is 23.3 Å². The topological polar surface area (TPSA) is 80.4 Å². The minimum absolute atomic E-state index is 0.205. The first kappa shape index (κ1) is 16.4. The Hall–Kier alpha value is -2.80. The van der Waals surface area contributed by atoms with E-state index in [9.17, 15) is 9.90 Å². The molecule has 1 aliphatic carbocycles. The Labute approximate surface area is 159 Å². The van der Waals surface area contributed by atoms with Gasteiger partial charge in [-0.25, -0.2) is 14.8 Å². The van der Waals surface area contributed by atoms with E-state index in [2.05, 4.69) is 12.0 Å². The first-order chi connectivity index (χ1) is 13.0. The SMILES string of the molecule is Cc1nc2sc3c(c2c2nc(-c4ccccc4C(=O)O)nn12)C(C)CCC3. The molecule has 0 amide bonds. The Kier molecular flexibility index (Phi) is 3.55. The average Bonchev–Trinajstić information content (AvgIpc) is 3.24. The number of fused-ring (bicyclic) bond motifs is 5. The number of aromatic carboxylic acids is 1. The summed E-state index contributed by atoms with van der Waals surface area (Å²) < 4.78 is 1.75. The molecule has 0 saturated heterocycles. The van der Waals surface area contributed by atoms with Crippen molar-refractivity contribution >= 4 is 33.2 Å². The first-order valence-electron chi connectivity index (χ1n) is 9.06. The van der Waals surface area contributed by atoms with Crippen LogP contribution in [0, 0.1) is 6.92 Å². The van der Waals surface area contributed by atoms with Crippen LogP contribution in [0.1, 0.15) is 52.3 Å². The maximum atomic E-state index is 11.6. The standard InChI is InChI=1S/C20H18N4O2S/c1-10-6-5-9-14-15(10)16-18-22-17(12-7-3-4-8-13(12)20(25)26)23-24(18)11(2)21-19(16)27-14/h3-4,7-8,10H,5-6,9H2,1-2H3,(H,25,26). The van der Waals surface area contributed by atoms with Gasteiger partial charge in [-0.3, -0.25) is 0 Å². The van der Waals surface area contributed by atoms with Crippen molar-refractivity contribution < 1.29 is 9.90 Å². The molecule has 6 nitrogen and oxygen atoms in total. The van der Waals surface area contributed by atoms with Gasteiger partial charge in [-0.15, -0.1) is 16.4 Å². The summed E-state index contributed by atoms with van der Waals surface area (Å²) in [6.07, 6.45) is 3.47. The van der Waals surface area contributed by atoms with Gasteiger partial charge in [0, 0.05) is 10.4 Å². The van der Waals surface area contributed by atoms with Crippen molar-refractivity contribution in [2.45, 2.75) is 39.0 Å². The maximum Gasteiger partial charge on any atom is 0.336 e. The fourth-order valence-corrected chi connectivity index (χ4v) is 5.44. The summed E-state index contributed by atoms with van der Waals surface area (Å²) in [6.45, 7) is 4.17. The van der Waals surface area contributed by atoms with Crippen LogP contribution in [-0.2, 0) is 6.42 Å². The molecule has 0 fully saturated rings. The minimum Gasteiger partial charge on any atom is -0.478 e. The van der Waals surface area contributed by atoms with Gasteiger partial charge in [-0.05, 0) is 43.7 Å². The molecule has 0 bridgehead atoms. The number of nitrogens with zero attached hydrogens (tertiary/aromatic N) is 4. The van der Waals surface area contributed by atoms with Crippen LogP contribution in [0.2, 0.25) is 0 Å². The fraction of sp³-hybridized carbons (Fsp3) is 0.300. The molecular formula is C20H18N4O2S. The Bertz CT molecular complexity index is 1220. The lowest BCUT2D eigenvalue weighted by Crippen LogP contribution is -2.05. The summed E-state index contributed by atoms with van der Waals surface area (Å²) >= 11 is 1.76. The minimum atomic E-state index is -0.981. The van der Waals surface area contributed by atoms with Crippen LogP contribution in [0.4, 0.5) is 0 Å². The second-order valence-electron chi connectivity index (χ2n) is 7.09. The zero-order valence-corrected chi connectivity index (χ0v) is 15.9. The van der Waals surface area contributed by atoms with E-state index in [0.717, 1.165) is 28.1 Å². The van der Waals surface area contributed by atoms with Crippen molar-refractivity contribution in [3.63, 3.8) is 0 Å². The van der Waals surface area contributed by atoms with Crippen molar-refractivity contribution in [1.29, 1.82) is 0 Å². The normalized spacial score (nSPS) is 16.7. The molecule has 0 spiro atoms. The molecule has 7 heteroatoms. The largest absolute Gasteiger partial charge is 0.478 e. The fourth-order valence-electron chi connectivity index (χ4n) is 4.06. The van der Waals surface area contributed by atoms with E-state index in [1.54, 1.807) is 34.1 Å². The predicted octanol–water partition coefficient (Wildman–Crippen LogP) is 4.45. The Balaban J connectivity index is 1.84. The molecule has 0 aliphatic heterocycles. The molecule has 1 unspecified atom stereocenters. The van der Waals surface area contributed by atoms with E-state index < -0.39 is 5.97 Å². The molecular weight excluding hydrogens is 360 g/mol. The van der Waals surface area contributed by atoms with Gasteiger partial charge >= 0.3 is 5.97 Å². The highest BCUT2D eigenvalue weighted by Gasteiger charge is 2.26. The van der Waals surface area contributed by atoms with Crippen LogP contribution in [0.5, 0.6) is 0 Å². The maximum absolute atomic E-state index is 11.6. The zero-order valence-electron chi connectivity index (χ0n) is 15.1. The third-order valence-electron chi connectivity index (χ3n) is 5.34. The third-order valence-corrected chi connectivity index (χ3v) is 6.50. The number of aromatic nitrogens is 4. The van der Waals surface area contributed by atoms with Crippen LogP contribution in [0.25, 0.3) is 27.3 Å². The molecule has 0 saturated carbocycles. The molecule has 3 heterocycles. The van der Waals surface area contributed by atoms with Crippen LogP contribution < -0.4 is 0 Å². The molecule has 1 aliphatic rings. The number of thiophene rings is 1. The molecule has 5 rings (SSSR count). The number of hydrogen-bond donors (Lipinski definition) is 1. The van der Waals surface area contributed by atoms with Crippen molar-refractivity contribution in [3.8, 4) is 11.4 Å². The van der Waals surface area contributed by atoms with Gasteiger partial charge in [0.2, 0.25) is 0 Å². The van der Waals surface area contributed by atoms with Gasteiger partial charge < -0.3 is 5.11 Å². The van der Waals surface area contributed by atoms with E-state index in [4.69, 9.17) is 9.97 Å². The lowest BCUT2D eigenvalue weighted by Gasteiger charge is -2.18. The molecule has 1 N–H and O–H groups in total. The third kappa shape index (κ3) is 2.38. The van der Waals surface area contributed by atoms with Gasteiger partial charge in [0.1, 0.15) is 10.7 Å². The highest BCUT2D eigenvalue weighted by Crippen LogP contribution is 2.43. The van der Waals surface area contributed by atoms with E-state index in [0.29, 0.717) is 17.3 Å². The smallest absolute Gasteiger partial charge is 0.336 e. The van der Waals surface area contributed by atoms with Gasteiger partial charge in [0.25, 0.3) is 0 Å². The monoisotopic (exact) mass is 378 g/mol. The van der Waals surface area contributed by atoms with Crippen molar-refractivity contribution in [3.05, 3.63) is 46.1 Å². The van der Waals surface area contributed by atoms with Crippen LogP contribution in [0.15, 0.2) is 24.3 Å². The van der Waals surface area contributed by atoms with Crippen LogP contribution in [-0.4, -0.2) is 30.7 Å². The number of rotatable bonds is 2. The lowest BCUT2D eigenvalue weighted by molar-refractivity contribution is 0.0697. The number of carbonyl (C=O) groups is 1. The van der Waals surface area contributed by atoms with Crippen LogP contribution >= 0.6 is 11.3 Å². The van der Waals surface area contributed by atoms with Crippen molar-refractivity contribution in [1.82, 2.24) is 19.6 Å². The number of hydrogen-bond acceptors (Lipinski definition) is 5. The summed E-state index contributed by atoms with van der Waals surface area (Å²) in [5.74, 6) is 0.678. The summed E-state index contributed by atoms with van der Waals surface area (Å²) in [7, 11) is 0. The van der Waals surface area contributed by atoms with Gasteiger partial charge in [-0.1, -0.05) is 25.1 Å². The number of carboxylic acid groups (broad SMARTS) is 1. The second kappa shape index (κ2) is 5.85. The molecule has 27 heavy (non-hydrogen) atoms. The Morgan fingerprint density at radius 1 is 1.30 bits per heavy atom. The molecule has 136 valence electrons. The summed E-state index contributed by atoms with van der Waals surface area (Å²) in [4.78, 5) is 23.6. The summed E-state index contributed by atoms with van der Waals surface area (Å²) in [5, 5.41) is 15.2. The average molecular weight is 378 g/mol. The summed E-state index contributed by atoms with van der Waals surface area (Å²) in [5.41, 5.74) is 2.86. The molecule has 1 aromatic carbocycles. The quantitative estimate of drug-likeness (QED) is 0.557. The predicted molar refractivity (Wildman–Crippen MR) is 105 cm³/mol. The second-order valence-corrected chi connectivity index (χ2v) is 8.18. The van der Waals surface area contributed by atoms with E-state index in [-0.39, 0.29) is 5.56 Å². The molecule has 3 aromatic heterocycles. The lowest BCUT2D eigenvalue weighted by atomic mass is 9.87.